The Bertz CT molecular complexity index is 2020. The fourth-order valence-electron chi connectivity index (χ4n) is 4.82. The topological polar surface area (TPSA) is 146 Å². The minimum atomic E-state index is -3.96. The summed E-state index contributed by atoms with van der Waals surface area (Å²) in [5.41, 5.74) is 1.62. The van der Waals surface area contributed by atoms with E-state index in [0.717, 1.165) is 6.26 Å². The van der Waals surface area contributed by atoms with Crippen LogP contribution in [0.2, 0.25) is 5.02 Å². The number of nitrogens with zero attached hydrogens (tertiary/aromatic N) is 3. The van der Waals surface area contributed by atoms with Crippen LogP contribution in [0.3, 0.4) is 0 Å². The van der Waals surface area contributed by atoms with E-state index in [1.165, 1.54) is 12.4 Å². The van der Waals surface area contributed by atoms with E-state index in [1.807, 2.05) is 0 Å². The molecule has 5 rings (SSSR count). The van der Waals surface area contributed by atoms with E-state index in [2.05, 4.69) is 15.0 Å². The van der Waals surface area contributed by atoms with Crippen LogP contribution in [0.1, 0.15) is 36.8 Å². The van der Waals surface area contributed by atoms with E-state index >= 15 is 0 Å². The summed E-state index contributed by atoms with van der Waals surface area (Å²) < 4.78 is 34.1. The van der Waals surface area contributed by atoms with Gasteiger partial charge in [-0.05, 0) is 68.8 Å². The zero-order valence-electron chi connectivity index (χ0n) is 23.7. The number of benzene rings is 2. The fraction of sp³-hybridized carbons (Fsp3) is 0.200. The maximum atomic E-state index is 13.7. The van der Waals surface area contributed by atoms with Gasteiger partial charge in [0, 0.05) is 45.7 Å². The van der Waals surface area contributed by atoms with Gasteiger partial charge in [-0.25, -0.2) is 22.9 Å². The van der Waals surface area contributed by atoms with Gasteiger partial charge in [-0.2, -0.15) is 4.73 Å². The number of carbonyl (C=O) groups excluding carboxylic acids is 2. The molecule has 2 N–H and O–H groups in total. The average molecular weight is 622 g/mol. The van der Waals surface area contributed by atoms with Gasteiger partial charge in [0.2, 0.25) is 15.5 Å². The maximum Gasteiger partial charge on any atom is 0.413 e. The van der Waals surface area contributed by atoms with Gasteiger partial charge in [0.25, 0.3) is 5.91 Å². The number of amides is 2. The van der Waals surface area contributed by atoms with Crippen LogP contribution in [0.5, 0.6) is 0 Å². The summed E-state index contributed by atoms with van der Waals surface area (Å²) in [4.78, 5) is 30.2. The molecule has 2 amide bonds. The Hall–Kier alpha value is -4.68. The molecule has 11 nitrogen and oxygen atoms in total. The molecule has 0 radical (unpaired) electrons. The first kappa shape index (κ1) is 29.8. The van der Waals surface area contributed by atoms with Crippen LogP contribution >= 0.6 is 11.6 Å². The highest BCUT2D eigenvalue weighted by atomic mass is 35.5. The number of para-hydroxylation sites is 1. The number of sulfonamides is 1. The SMILES string of the molecule is CC(C)(C)OC(=O)Nc1cc(Cn2c(C(=O)NS(C)(=O)=O)c(-c3cc4ccccc4[n+]([O-])c3)c3cc(Cl)ccc32)ccn1. The lowest BCUT2D eigenvalue weighted by Gasteiger charge is -2.19. The highest BCUT2D eigenvalue weighted by Gasteiger charge is 2.28. The highest BCUT2D eigenvalue weighted by Crippen LogP contribution is 2.38. The molecule has 0 saturated carbocycles. The quantitative estimate of drug-likeness (QED) is 0.195. The van der Waals surface area contributed by atoms with Crippen molar-refractivity contribution in [2.24, 2.45) is 0 Å². The van der Waals surface area contributed by atoms with Gasteiger partial charge in [0.05, 0.1) is 11.8 Å². The van der Waals surface area contributed by atoms with Crippen molar-refractivity contribution in [1.29, 1.82) is 0 Å². The summed E-state index contributed by atoms with van der Waals surface area (Å²) in [6, 6.07) is 17.1. The summed E-state index contributed by atoms with van der Waals surface area (Å²) in [5, 5.41) is 17.2. The van der Waals surface area contributed by atoms with E-state index in [0.29, 0.717) is 48.2 Å². The Morgan fingerprint density at radius 3 is 2.56 bits per heavy atom. The van der Waals surface area contributed by atoms with Crippen molar-refractivity contribution in [2.75, 3.05) is 11.6 Å². The van der Waals surface area contributed by atoms with E-state index < -0.39 is 27.6 Å². The molecule has 0 fully saturated rings. The molecule has 0 aliphatic rings. The predicted molar refractivity (Wildman–Crippen MR) is 164 cm³/mol. The summed E-state index contributed by atoms with van der Waals surface area (Å²) in [5.74, 6) is -0.674. The summed E-state index contributed by atoms with van der Waals surface area (Å²) in [7, 11) is -3.96. The molecule has 0 atom stereocenters. The van der Waals surface area contributed by atoms with Crippen LogP contribution < -0.4 is 14.8 Å². The predicted octanol–water partition coefficient (Wildman–Crippen LogP) is 5.23. The van der Waals surface area contributed by atoms with Crippen molar-refractivity contribution in [3.63, 3.8) is 0 Å². The molecule has 0 aliphatic carbocycles. The third-order valence-electron chi connectivity index (χ3n) is 6.34. The number of fused-ring (bicyclic) bond motifs is 2. The van der Waals surface area contributed by atoms with Gasteiger partial charge in [-0.1, -0.05) is 23.7 Å². The second-order valence-electron chi connectivity index (χ2n) is 11.0. The van der Waals surface area contributed by atoms with Crippen LogP contribution in [0.15, 0.2) is 73.1 Å². The number of carbonyl (C=O) groups is 2. The first-order valence-electron chi connectivity index (χ1n) is 13.1. The van der Waals surface area contributed by atoms with Crippen molar-refractivity contribution in [3.8, 4) is 11.1 Å². The Kier molecular flexibility index (Phi) is 7.76. The van der Waals surface area contributed by atoms with Crippen molar-refractivity contribution in [1.82, 2.24) is 14.3 Å². The molecule has 0 spiro atoms. The van der Waals surface area contributed by atoms with Gasteiger partial charge in [-0.3, -0.25) is 10.1 Å². The van der Waals surface area contributed by atoms with Crippen molar-refractivity contribution in [2.45, 2.75) is 32.9 Å². The Morgan fingerprint density at radius 1 is 1.09 bits per heavy atom. The number of anilines is 1. The number of nitrogens with one attached hydrogen (secondary N) is 2. The average Bonchev–Trinajstić information content (AvgIpc) is 3.20. The number of halogens is 1. The molecule has 5 aromatic rings. The second kappa shape index (κ2) is 11.2. The molecule has 0 aliphatic heterocycles. The molecule has 222 valence electrons. The van der Waals surface area contributed by atoms with Crippen LogP contribution in [0, 0.1) is 5.21 Å². The molecule has 0 bridgehead atoms. The van der Waals surface area contributed by atoms with Crippen LogP contribution in [-0.2, 0) is 21.3 Å². The molecule has 0 unspecified atom stereocenters. The lowest BCUT2D eigenvalue weighted by molar-refractivity contribution is -0.576. The van der Waals surface area contributed by atoms with E-state index in [4.69, 9.17) is 16.3 Å². The minimum absolute atomic E-state index is 0.00330. The third-order valence-corrected chi connectivity index (χ3v) is 7.13. The zero-order valence-corrected chi connectivity index (χ0v) is 25.3. The third kappa shape index (κ3) is 6.71. The van der Waals surface area contributed by atoms with Crippen molar-refractivity contribution < 1.29 is 27.5 Å². The monoisotopic (exact) mass is 621 g/mol. The van der Waals surface area contributed by atoms with Gasteiger partial charge in [-0.15, -0.1) is 0 Å². The smallest absolute Gasteiger partial charge is 0.413 e. The minimum Gasteiger partial charge on any atom is -0.618 e. The second-order valence-corrected chi connectivity index (χ2v) is 13.1. The fourth-order valence-corrected chi connectivity index (χ4v) is 5.42. The van der Waals surface area contributed by atoms with E-state index in [9.17, 15) is 23.2 Å². The molecule has 2 aromatic carbocycles. The molecule has 3 heterocycles. The van der Waals surface area contributed by atoms with Crippen LogP contribution in [0.25, 0.3) is 32.9 Å². The van der Waals surface area contributed by atoms with Gasteiger partial charge >= 0.3 is 6.09 Å². The Labute approximate surface area is 252 Å². The summed E-state index contributed by atoms with van der Waals surface area (Å²) in [6.45, 7) is 5.29. The highest BCUT2D eigenvalue weighted by molar-refractivity contribution is 7.89. The van der Waals surface area contributed by atoms with Gasteiger partial charge in [0.15, 0.2) is 6.20 Å². The van der Waals surface area contributed by atoms with E-state index in [1.54, 1.807) is 86.0 Å². The van der Waals surface area contributed by atoms with Gasteiger partial charge < -0.3 is 14.5 Å². The number of aromatic nitrogens is 3. The van der Waals surface area contributed by atoms with Crippen LogP contribution in [-0.4, -0.2) is 41.8 Å². The Morgan fingerprint density at radius 2 is 1.84 bits per heavy atom. The van der Waals surface area contributed by atoms with Crippen molar-refractivity contribution >= 4 is 61.2 Å². The number of hydrogen-bond donors (Lipinski definition) is 2. The van der Waals surface area contributed by atoms with Crippen molar-refractivity contribution in [3.05, 3.63) is 94.5 Å². The molecular formula is C30H28ClN5O6S. The first-order chi connectivity index (χ1) is 20.2. The summed E-state index contributed by atoms with van der Waals surface area (Å²) >= 11 is 6.39. The Balaban J connectivity index is 1.70. The van der Waals surface area contributed by atoms with Crippen LogP contribution in [0.4, 0.5) is 10.6 Å². The molecular weight excluding hydrogens is 594 g/mol. The standard InChI is InChI=1S/C30H28ClN5O6S/c1-30(2,3)42-29(38)33-25-13-18(11-12-32-25)16-35-24-10-9-21(31)15-22(24)26(27(35)28(37)34-43(4,40)41)20-14-19-7-5-6-8-23(19)36(39)17-20/h5-15,17H,16H2,1-4H3,(H,34,37)(H,32,33,38). The molecule has 0 saturated heterocycles. The molecule has 13 heteroatoms. The van der Waals surface area contributed by atoms with Gasteiger partial charge in [0.1, 0.15) is 17.1 Å². The molecule has 3 aromatic heterocycles. The zero-order chi connectivity index (χ0) is 31.1. The number of pyridine rings is 2. The lowest BCUT2D eigenvalue weighted by atomic mass is 10.0. The largest absolute Gasteiger partial charge is 0.618 e. The number of hydrogen-bond acceptors (Lipinski definition) is 7. The number of ether oxygens (including phenoxy) is 1. The normalized spacial score (nSPS) is 11.9. The lowest BCUT2D eigenvalue weighted by Crippen LogP contribution is -2.32. The summed E-state index contributed by atoms with van der Waals surface area (Å²) in [6.07, 6.45) is 3.03. The van der Waals surface area contributed by atoms with E-state index in [-0.39, 0.29) is 18.1 Å². The number of rotatable bonds is 6. The maximum absolute atomic E-state index is 13.7. The first-order valence-corrected chi connectivity index (χ1v) is 15.4. The molecule has 43 heavy (non-hydrogen) atoms.